The van der Waals surface area contributed by atoms with Gasteiger partial charge in [0.2, 0.25) is 0 Å². The SMILES string of the molecule is CSC1(CN[C@@H]2CCC[C@H](C(F)(F)F)C2)CCOCC1. The molecule has 1 saturated heterocycles. The van der Waals surface area contributed by atoms with Crippen molar-refractivity contribution in [1.29, 1.82) is 0 Å². The first-order chi connectivity index (χ1) is 9.45. The third-order valence-electron chi connectivity index (χ3n) is 4.69. The van der Waals surface area contributed by atoms with Crippen LogP contribution in [0.2, 0.25) is 0 Å². The molecule has 1 heterocycles. The molecule has 1 aliphatic heterocycles. The molecular formula is C14H24F3NOS. The molecule has 2 fully saturated rings. The largest absolute Gasteiger partial charge is 0.391 e. The van der Waals surface area contributed by atoms with Crippen molar-refractivity contribution < 1.29 is 17.9 Å². The first-order valence-corrected chi connectivity index (χ1v) is 8.61. The molecule has 0 aromatic carbocycles. The summed E-state index contributed by atoms with van der Waals surface area (Å²) in [5, 5.41) is 3.41. The lowest BCUT2D eigenvalue weighted by Gasteiger charge is -2.38. The van der Waals surface area contributed by atoms with Crippen LogP contribution in [0.5, 0.6) is 0 Å². The fraction of sp³-hybridized carbons (Fsp3) is 1.00. The maximum Gasteiger partial charge on any atom is 0.391 e. The van der Waals surface area contributed by atoms with Gasteiger partial charge in [0.25, 0.3) is 0 Å². The van der Waals surface area contributed by atoms with E-state index in [9.17, 15) is 13.2 Å². The van der Waals surface area contributed by atoms with Gasteiger partial charge in [0.1, 0.15) is 0 Å². The monoisotopic (exact) mass is 311 g/mol. The normalized spacial score (nSPS) is 31.2. The molecule has 2 nitrogen and oxygen atoms in total. The Hall–Kier alpha value is 0.0600. The summed E-state index contributed by atoms with van der Waals surface area (Å²) >= 11 is 1.82. The Morgan fingerprint density at radius 2 is 1.95 bits per heavy atom. The molecule has 2 rings (SSSR count). The van der Waals surface area contributed by atoms with Crippen molar-refractivity contribution in [3.63, 3.8) is 0 Å². The second kappa shape index (κ2) is 6.88. The van der Waals surface area contributed by atoms with Crippen molar-refractivity contribution >= 4 is 11.8 Å². The summed E-state index contributed by atoms with van der Waals surface area (Å²) in [6, 6.07) is 0.0160. The summed E-state index contributed by atoms with van der Waals surface area (Å²) in [6.07, 6.45) is 2.11. The molecule has 0 radical (unpaired) electrons. The molecule has 6 heteroatoms. The van der Waals surface area contributed by atoms with Crippen molar-refractivity contribution in [3.05, 3.63) is 0 Å². The predicted molar refractivity (Wildman–Crippen MR) is 76.1 cm³/mol. The van der Waals surface area contributed by atoms with Crippen LogP contribution in [-0.4, -0.2) is 43.0 Å². The summed E-state index contributed by atoms with van der Waals surface area (Å²) < 4.78 is 43.9. The topological polar surface area (TPSA) is 21.3 Å². The van der Waals surface area contributed by atoms with Gasteiger partial charge in [0.15, 0.2) is 0 Å². The quantitative estimate of drug-likeness (QED) is 0.857. The molecular weight excluding hydrogens is 287 g/mol. The minimum atomic E-state index is -4.03. The van der Waals surface area contributed by atoms with Gasteiger partial charge in [-0.2, -0.15) is 24.9 Å². The standard InChI is InChI=1S/C14H24F3NOS/c1-20-13(5-7-19-8-6-13)10-18-12-4-2-3-11(9-12)14(15,16)17/h11-12,18H,2-10H2,1H3/t11-,12+/m0/s1. The third-order valence-corrected chi connectivity index (χ3v) is 6.11. The van der Waals surface area contributed by atoms with Crippen molar-refractivity contribution in [1.82, 2.24) is 5.32 Å². The molecule has 1 N–H and O–H groups in total. The highest BCUT2D eigenvalue weighted by Gasteiger charge is 2.42. The second-order valence-corrected chi connectivity index (χ2v) is 7.26. The Labute approximate surface area is 123 Å². The summed E-state index contributed by atoms with van der Waals surface area (Å²) in [7, 11) is 0. The zero-order valence-electron chi connectivity index (χ0n) is 12.0. The fourth-order valence-corrected chi connectivity index (χ4v) is 4.00. The molecule has 20 heavy (non-hydrogen) atoms. The number of nitrogens with one attached hydrogen (secondary N) is 1. The van der Waals surface area contributed by atoms with Crippen LogP contribution in [0.3, 0.4) is 0 Å². The first kappa shape index (κ1) is 16.4. The third kappa shape index (κ3) is 4.28. The lowest BCUT2D eigenvalue weighted by Crippen LogP contribution is -2.47. The predicted octanol–water partition coefficient (Wildman–Crippen LogP) is 3.61. The van der Waals surface area contributed by atoms with Crippen LogP contribution < -0.4 is 5.32 Å². The van der Waals surface area contributed by atoms with E-state index >= 15 is 0 Å². The van der Waals surface area contributed by atoms with E-state index in [-0.39, 0.29) is 17.2 Å². The van der Waals surface area contributed by atoms with E-state index in [1.807, 2.05) is 11.8 Å². The highest BCUT2D eigenvalue weighted by molar-refractivity contribution is 8.00. The molecule has 2 aliphatic rings. The van der Waals surface area contributed by atoms with E-state index in [2.05, 4.69) is 11.6 Å². The van der Waals surface area contributed by atoms with E-state index in [0.717, 1.165) is 39.0 Å². The lowest BCUT2D eigenvalue weighted by atomic mass is 9.85. The molecule has 1 aliphatic carbocycles. The first-order valence-electron chi connectivity index (χ1n) is 7.38. The number of halogens is 3. The summed E-state index contributed by atoms with van der Waals surface area (Å²) in [5.41, 5.74) is 0. The smallest absolute Gasteiger partial charge is 0.381 e. The number of hydrogen-bond donors (Lipinski definition) is 1. The van der Waals surface area contributed by atoms with Gasteiger partial charge < -0.3 is 10.1 Å². The Morgan fingerprint density at radius 3 is 2.55 bits per heavy atom. The number of alkyl halides is 3. The maximum atomic E-state index is 12.8. The van der Waals surface area contributed by atoms with E-state index in [1.165, 1.54) is 0 Å². The summed E-state index contributed by atoms with van der Waals surface area (Å²) in [6.45, 7) is 2.32. The summed E-state index contributed by atoms with van der Waals surface area (Å²) in [5.74, 6) is -1.12. The second-order valence-electron chi connectivity index (χ2n) is 5.98. The van der Waals surface area contributed by atoms with E-state index < -0.39 is 12.1 Å². The highest BCUT2D eigenvalue weighted by Crippen LogP contribution is 2.38. The van der Waals surface area contributed by atoms with Crippen molar-refractivity contribution in [3.8, 4) is 0 Å². The van der Waals surface area contributed by atoms with Gasteiger partial charge in [-0.1, -0.05) is 6.42 Å². The van der Waals surface area contributed by atoms with Gasteiger partial charge in [-0.15, -0.1) is 0 Å². The number of ether oxygens (including phenoxy) is 1. The Bertz CT molecular complexity index is 305. The average molecular weight is 311 g/mol. The van der Waals surface area contributed by atoms with Crippen molar-refractivity contribution in [2.75, 3.05) is 26.0 Å². The van der Waals surface area contributed by atoms with Crippen molar-refractivity contribution in [2.24, 2.45) is 5.92 Å². The lowest BCUT2D eigenvalue weighted by molar-refractivity contribution is -0.183. The number of rotatable bonds is 4. The number of hydrogen-bond acceptors (Lipinski definition) is 3. The van der Waals surface area contributed by atoms with Crippen molar-refractivity contribution in [2.45, 2.75) is 55.5 Å². The fourth-order valence-electron chi connectivity index (χ4n) is 3.20. The zero-order chi connectivity index (χ0) is 14.6. The molecule has 2 atom stereocenters. The van der Waals surface area contributed by atoms with Gasteiger partial charge in [-0.3, -0.25) is 0 Å². The molecule has 1 saturated carbocycles. The maximum absolute atomic E-state index is 12.8. The van der Waals surface area contributed by atoms with Gasteiger partial charge in [0.05, 0.1) is 5.92 Å². The Kier molecular flexibility index (Phi) is 5.65. The van der Waals surface area contributed by atoms with Crippen LogP contribution in [-0.2, 0) is 4.74 Å². The molecule has 0 spiro atoms. The van der Waals surface area contributed by atoms with Crippen LogP contribution in [0, 0.1) is 5.92 Å². The van der Waals surface area contributed by atoms with E-state index in [0.29, 0.717) is 12.8 Å². The highest BCUT2D eigenvalue weighted by atomic mass is 32.2. The molecule has 0 aromatic heterocycles. The van der Waals surface area contributed by atoms with E-state index in [4.69, 9.17) is 4.74 Å². The van der Waals surface area contributed by atoms with Gasteiger partial charge in [-0.25, -0.2) is 0 Å². The van der Waals surface area contributed by atoms with Gasteiger partial charge in [-0.05, 0) is 38.4 Å². The molecule has 0 aromatic rings. The van der Waals surface area contributed by atoms with Crippen LogP contribution in [0.1, 0.15) is 38.5 Å². The van der Waals surface area contributed by atoms with Crippen LogP contribution in [0.4, 0.5) is 13.2 Å². The average Bonchev–Trinajstić information content (AvgIpc) is 2.46. The van der Waals surface area contributed by atoms with Gasteiger partial charge >= 0.3 is 6.18 Å². The van der Waals surface area contributed by atoms with Gasteiger partial charge in [0, 0.05) is 30.5 Å². The van der Waals surface area contributed by atoms with Crippen LogP contribution >= 0.6 is 11.8 Å². The minimum absolute atomic E-state index is 0.0160. The van der Waals surface area contributed by atoms with Crippen LogP contribution in [0.25, 0.3) is 0 Å². The molecule has 0 unspecified atom stereocenters. The van der Waals surface area contributed by atoms with E-state index in [1.54, 1.807) is 0 Å². The Balaban J connectivity index is 1.83. The zero-order valence-corrected chi connectivity index (χ0v) is 12.8. The molecule has 0 amide bonds. The Morgan fingerprint density at radius 1 is 1.25 bits per heavy atom. The number of thioether (sulfide) groups is 1. The minimum Gasteiger partial charge on any atom is -0.381 e. The summed E-state index contributed by atoms with van der Waals surface area (Å²) in [4.78, 5) is 0. The molecule has 118 valence electrons. The molecule has 0 bridgehead atoms. The van der Waals surface area contributed by atoms with Crippen LogP contribution in [0.15, 0.2) is 0 Å².